The van der Waals surface area contributed by atoms with Crippen LogP contribution in [-0.4, -0.2) is 17.9 Å². The molecule has 3 nitrogen and oxygen atoms in total. The molecule has 1 atom stereocenters. The lowest BCUT2D eigenvalue weighted by Gasteiger charge is -2.25. The Morgan fingerprint density at radius 2 is 1.88 bits per heavy atom. The molecule has 0 fully saturated rings. The number of carbonyl (C=O) groups excluding carboxylic acids is 2. The van der Waals surface area contributed by atoms with Gasteiger partial charge in [0.05, 0.1) is 0 Å². The van der Waals surface area contributed by atoms with Crippen LogP contribution in [0.15, 0.2) is 0 Å². The highest BCUT2D eigenvalue weighted by atomic mass is 16.6. The number of carbonyl (C=O) groups is 1. The van der Waals surface area contributed by atoms with Crippen LogP contribution in [0.3, 0.4) is 0 Å². The molecule has 0 saturated carbocycles. The van der Waals surface area contributed by atoms with E-state index in [1.54, 1.807) is 6.92 Å². The maximum Gasteiger partial charge on any atom is 0.306 e. The van der Waals surface area contributed by atoms with Gasteiger partial charge in [0.25, 0.3) is 0 Å². The van der Waals surface area contributed by atoms with Crippen molar-refractivity contribution >= 4 is 12.3 Å². The average Bonchev–Trinajstić information content (AvgIpc) is 2.33. The van der Waals surface area contributed by atoms with Crippen molar-refractivity contribution in [3.8, 4) is 0 Å². The summed E-state index contributed by atoms with van der Waals surface area (Å²) in [4.78, 5) is 22.2. The molecular weight excluding hydrogens is 204 g/mol. The second-order valence-corrected chi connectivity index (χ2v) is 4.09. The molecular formula is C13H23O3. The molecule has 0 spiro atoms. The molecule has 1 unspecified atom stereocenters. The van der Waals surface area contributed by atoms with E-state index in [2.05, 4.69) is 6.92 Å². The molecule has 0 aromatic heterocycles. The Hall–Kier alpha value is -0.860. The van der Waals surface area contributed by atoms with Gasteiger partial charge in [-0.25, -0.2) is 0 Å². The van der Waals surface area contributed by atoms with Gasteiger partial charge in [-0.15, -0.1) is 0 Å². The highest BCUT2D eigenvalue weighted by Crippen LogP contribution is 2.22. The summed E-state index contributed by atoms with van der Waals surface area (Å²) >= 11 is 0. The highest BCUT2D eigenvalue weighted by molar-refractivity contribution is 5.74. The Morgan fingerprint density at radius 1 is 1.19 bits per heavy atom. The highest BCUT2D eigenvalue weighted by Gasteiger charge is 2.32. The van der Waals surface area contributed by atoms with E-state index in [-0.39, 0.29) is 5.97 Å². The first-order valence-electron chi connectivity index (χ1n) is 6.25. The van der Waals surface area contributed by atoms with Crippen molar-refractivity contribution in [3.05, 3.63) is 0 Å². The molecule has 0 aliphatic rings. The molecule has 93 valence electrons. The fourth-order valence-electron chi connectivity index (χ4n) is 1.57. The molecule has 0 aliphatic heterocycles. The predicted molar refractivity (Wildman–Crippen MR) is 63.9 cm³/mol. The molecule has 0 aliphatic carbocycles. The molecule has 1 radical (unpaired) electrons. The van der Waals surface area contributed by atoms with Gasteiger partial charge in [-0.3, -0.25) is 9.59 Å². The first-order valence-corrected chi connectivity index (χ1v) is 6.25. The van der Waals surface area contributed by atoms with Crippen LogP contribution in [0.1, 0.15) is 65.7 Å². The third-order valence-electron chi connectivity index (χ3n) is 2.79. The van der Waals surface area contributed by atoms with E-state index in [1.165, 1.54) is 0 Å². The zero-order chi connectivity index (χ0) is 12.4. The Labute approximate surface area is 98.6 Å². The topological polar surface area (TPSA) is 43.4 Å². The summed E-state index contributed by atoms with van der Waals surface area (Å²) in [6, 6.07) is 0. The van der Waals surface area contributed by atoms with E-state index in [1.807, 2.05) is 13.2 Å². The third kappa shape index (κ3) is 5.29. The van der Waals surface area contributed by atoms with E-state index < -0.39 is 5.60 Å². The largest absolute Gasteiger partial charge is 0.451 e. The standard InChI is InChI=1S/C13H23O3/c1-4-7-8-9-10-13(6-3,11-14)16-12(15)5-2/h4-10H2,1-3H3. The molecule has 0 heterocycles. The van der Waals surface area contributed by atoms with Crippen LogP contribution in [0.4, 0.5) is 0 Å². The van der Waals surface area contributed by atoms with Gasteiger partial charge in [0.15, 0.2) is 5.60 Å². The SMILES string of the molecule is CCCCCCC([C]=O)(CC)OC(=O)CC. The molecule has 0 saturated heterocycles. The van der Waals surface area contributed by atoms with Gasteiger partial charge in [0.1, 0.15) is 0 Å². The summed E-state index contributed by atoms with van der Waals surface area (Å²) in [6.45, 7) is 5.72. The fourth-order valence-corrected chi connectivity index (χ4v) is 1.57. The minimum absolute atomic E-state index is 0.304. The normalized spacial score (nSPS) is 14.2. The molecule has 0 rings (SSSR count). The van der Waals surface area contributed by atoms with E-state index in [4.69, 9.17) is 4.74 Å². The second-order valence-electron chi connectivity index (χ2n) is 4.09. The van der Waals surface area contributed by atoms with Crippen molar-refractivity contribution < 1.29 is 14.3 Å². The summed E-state index contributed by atoms with van der Waals surface area (Å²) in [5, 5.41) is 0. The van der Waals surface area contributed by atoms with Crippen molar-refractivity contribution in [2.45, 2.75) is 71.3 Å². The quantitative estimate of drug-likeness (QED) is 0.449. The van der Waals surface area contributed by atoms with Crippen molar-refractivity contribution in [1.82, 2.24) is 0 Å². The van der Waals surface area contributed by atoms with E-state index >= 15 is 0 Å². The van der Waals surface area contributed by atoms with E-state index in [9.17, 15) is 9.59 Å². The van der Waals surface area contributed by atoms with E-state index in [0.717, 1.165) is 25.7 Å². The van der Waals surface area contributed by atoms with Gasteiger partial charge in [0, 0.05) is 6.42 Å². The number of hydrogen-bond acceptors (Lipinski definition) is 3. The van der Waals surface area contributed by atoms with Crippen LogP contribution in [0.5, 0.6) is 0 Å². The predicted octanol–water partition coefficient (Wildman–Crippen LogP) is 3.17. The van der Waals surface area contributed by atoms with Crippen molar-refractivity contribution in [2.24, 2.45) is 0 Å². The van der Waals surface area contributed by atoms with Gasteiger partial charge < -0.3 is 4.74 Å². The van der Waals surface area contributed by atoms with Crippen LogP contribution in [0.25, 0.3) is 0 Å². The maximum atomic E-state index is 11.2. The maximum absolute atomic E-state index is 11.2. The first kappa shape index (κ1) is 15.1. The summed E-state index contributed by atoms with van der Waals surface area (Å²) in [5.41, 5.74) is -0.999. The Balaban J connectivity index is 4.21. The average molecular weight is 227 g/mol. The molecule has 3 heteroatoms. The second kappa shape index (κ2) is 8.31. The number of hydrogen-bond donors (Lipinski definition) is 0. The Morgan fingerprint density at radius 3 is 2.31 bits per heavy atom. The van der Waals surface area contributed by atoms with Crippen molar-refractivity contribution in [3.63, 3.8) is 0 Å². The summed E-state index contributed by atoms with van der Waals surface area (Å²) in [7, 11) is 0. The van der Waals surface area contributed by atoms with Crippen LogP contribution in [0, 0.1) is 0 Å². The molecule has 16 heavy (non-hydrogen) atoms. The number of rotatable bonds is 9. The first-order chi connectivity index (χ1) is 7.64. The Bertz CT molecular complexity index is 213. The number of esters is 1. The minimum atomic E-state index is -0.999. The molecule has 0 amide bonds. The lowest BCUT2D eigenvalue weighted by molar-refractivity contribution is -0.154. The summed E-state index contributed by atoms with van der Waals surface area (Å²) < 4.78 is 5.20. The minimum Gasteiger partial charge on any atom is -0.451 e. The van der Waals surface area contributed by atoms with Gasteiger partial charge in [0.2, 0.25) is 6.29 Å². The summed E-state index contributed by atoms with van der Waals surface area (Å²) in [5.74, 6) is -0.319. The molecule has 0 N–H and O–H groups in total. The van der Waals surface area contributed by atoms with Crippen LogP contribution >= 0.6 is 0 Å². The van der Waals surface area contributed by atoms with Crippen LogP contribution in [-0.2, 0) is 14.3 Å². The monoisotopic (exact) mass is 227 g/mol. The van der Waals surface area contributed by atoms with Gasteiger partial charge in [-0.2, -0.15) is 0 Å². The van der Waals surface area contributed by atoms with Gasteiger partial charge in [-0.1, -0.05) is 40.0 Å². The summed E-state index contributed by atoms with van der Waals surface area (Å²) in [6.07, 6.45) is 7.61. The van der Waals surface area contributed by atoms with Crippen LogP contribution in [0.2, 0.25) is 0 Å². The lowest BCUT2D eigenvalue weighted by Crippen LogP contribution is -2.36. The molecule has 0 aromatic carbocycles. The zero-order valence-corrected chi connectivity index (χ0v) is 10.7. The van der Waals surface area contributed by atoms with Crippen molar-refractivity contribution in [1.29, 1.82) is 0 Å². The molecule has 0 bridgehead atoms. The van der Waals surface area contributed by atoms with Gasteiger partial charge in [-0.05, 0) is 19.3 Å². The van der Waals surface area contributed by atoms with Crippen LogP contribution < -0.4 is 0 Å². The molecule has 0 aromatic rings. The lowest BCUT2D eigenvalue weighted by atomic mass is 9.94. The van der Waals surface area contributed by atoms with Crippen molar-refractivity contribution in [2.75, 3.05) is 0 Å². The number of unbranched alkanes of at least 4 members (excludes halogenated alkanes) is 3. The third-order valence-corrected chi connectivity index (χ3v) is 2.79. The number of ether oxygens (including phenoxy) is 1. The fraction of sp³-hybridized carbons (Fsp3) is 0.846. The van der Waals surface area contributed by atoms with Gasteiger partial charge >= 0.3 is 5.97 Å². The zero-order valence-electron chi connectivity index (χ0n) is 10.7. The Kier molecular flexibility index (Phi) is 7.86. The smallest absolute Gasteiger partial charge is 0.306 e. The van der Waals surface area contributed by atoms with E-state index in [0.29, 0.717) is 19.3 Å².